The molecule has 0 N–H and O–H groups in total. The average Bonchev–Trinajstić information content (AvgIpc) is 3.17. The van der Waals surface area contributed by atoms with Crippen LogP contribution >= 0.6 is 0 Å². The number of esters is 1. The maximum Gasteiger partial charge on any atom is 0.309 e. The van der Waals surface area contributed by atoms with E-state index in [0.717, 1.165) is 31.7 Å². The molecular weight excluding hydrogens is 376 g/mol. The molecule has 6 heteroatoms. The van der Waals surface area contributed by atoms with Gasteiger partial charge in [-0.1, -0.05) is 41.9 Å². The standard InChI is InChI=1S/C23H23F2NO3/c24-16-10-11-19(20(25)12-16)21-13-17(29-26-21)14-23(27)28-22-9-5-4-8-18(22)15-6-2-1-3-7-15/h1-3,6-7,10-12,17-18,22H,4-5,8-9,13-14H2/t17?,18-,22?/m0/s1. The van der Waals surface area contributed by atoms with Gasteiger partial charge in [-0.25, -0.2) is 8.78 Å². The molecule has 1 heterocycles. The number of hydrogen-bond acceptors (Lipinski definition) is 4. The number of nitrogens with zero attached hydrogens (tertiary/aromatic N) is 1. The molecule has 3 atom stereocenters. The van der Waals surface area contributed by atoms with Gasteiger partial charge in [-0.2, -0.15) is 0 Å². The summed E-state index contributed by atoms with van der Waals surface area (Å²) in [7, 11) is 0. The predicted octanol–water partition coefficient (Wildman–Crippen LogP) is 5.12. The summed E-state index contributed by atoms with van der Waals surface area (Å²) >= 11 is 0. The number of rotatable bonds is 5. The third-order valence-electron chi connectivity index (χ3n) is 5.58. The summed E-state index contributed by atoms with van der Waals surface area (Å²) < 4.78 is 32.8. The summed E-state index contributed by atoms with van der Waals surface area (Å²) in [5.41, 5.74) is 1.76. The smallest absolute Gasteiger partial charge is 0.309 e. The summed E-state index contributed by atoms with van der Waals surface area (Å²) in [4.78, 5) is 17.8. The molecule has 0 bridgehead atoms. The Hall–Kier alpha value is -2.76. The van der Waals surface area contributed by atoms with Gasteiger partial charge >= 0.3 is 5.97 Å². The Bertz CT molecular complexity index is 900. The van der Waals surface area contributed by atoms with Crippen molar-refractivity contribution in [3.63, 3.8) is 0 Å². The van der Waals surface area contributed by atoms with E-state index in [9.17, 15) is 13.6 Å². The fraction of sp³-hybridized carbons (Fsp3) is 0.391. The van der Waals surface area contributed by atoms with Gasteiger partial charge in [-0.15, -0.1) is 0 Å². The predicted molar refractivity (Wildman–Crippen MR) is 105 cm³/mol. The monoisotopic (exact) mass is 399 g/mol. The second-order valence-electron chi connectivity index (χ2n) is 7.63. The molecule has 4 nitrogen and oxygen atoms in total. The topological polar surface area (TPSA) is 47.9 Å². The van der Waals surface area contributed by atoms with Gasteiger partial charge < -0.3 is 9.57 Å². The van der Waals surface area contributed by atoms with Crippen LogP contribution in [0.25, 0.3) is 0 Å². The summed E-state index contributed by atoms with van der Waals surface area (Å²) in [6.45, 7) is 0. The molecule has 1 saturated carbocycles. The Balaban J connectivity index is 1.34. The van der Waals surface area contributed by atoms with Crippen molar-refractivity contribution in [2.75, 3.05) is 0 Å². The fourth-order valence-electron chi connectivity index (χ4n) is 4.14. The zero-order chi connectivity index (χ0) is 20.2. The molecule has 29 heavy (non-hydrogen) atoms. The van der Waals surface area contributed by atoms with Gasteiger partial charge in [0.05, 0.1) is 12.1 Å². The highest BCUT2D eigenvalue weighted by atomic mass is 19.1. The van der Waals surface area contributed by atoms with Gasteiger partial charge in [0.25, 0.3) is 0 Å². The van der Waals surface area contributed by atoms with Crippen LogP contribution in [0, 0.1) is 11.6 Å². The molecule has 0 spiro atoms. The van der Waals surface area contributed by atoms with Crippen LogP contribution in [0.15, 0.2) is 53.7 Å². The molecule has 0 aromatic heterocycles. The van der Waals surface area contributed by atoms with E-state index in [1.165, 1.54) is 17.7 Å². The molecular formula is C23H23F2NO3. The van der Waals surface area contributed by atoms with Crippen LogP contribution < -0.4 is 0 Å². The Morgan fingerprint density at radius 1 is 1.10 bits per heavy atom. The molecule has 1 aliphatic carbocycles. The first-order valence-corrected chi connectivity index (χ1v) is 10.0. The van der Waals surface area contributed by atoms with E-state index in [1.54, 1.807) is 0 Å². The number of carbonyl (C=O) groups is 1. The van der Waals surface area contributed by atoms with Gasteiger partial charge in [-0.05, 0) is 37.0 Å². The van der Waals surface area contributed by atoms with Crippen molar-refractivity contribution in [2.24, 2.45) is 5.16 Å². The highest BCUT2D eigenvalue weighted by Crippen LogP contribution is 2.35. The molecule has 0 saturated heterocycles. The molecule has 152 valence electrons. The Labute approximate surface area is 168 Å². The quantitative estimate of drug-likeness (QED) is 0.656. The minimum atomic E-state index is -0.691. The van der Waals surface area contributed by atoms with Crippen LogP contribution in [0.1, 0.15) is 55.6 Å². The van der Waals surface area contributed by atoms with E-state index in [1.807, 2.05) is 18.2 Å². The molecule has 1 fully saturated rings. The summed E-state index contributed by atoms with van der Waals surface area (Å²) in [5, 5.41) is 3.89. The Kier molecular flexibility index (Phi) is 5.88. The SMILES string of the molecule is O=C(CC1CC(c2ccc(F)cc2F)=NO1)OC1CCCC[C@H]1c1ccccc1. The van der Waals surface area contributed by atoms with Crippen molar-refractivity contribution in [3.05, 3.63) is 71.3 Å². The zero-order valence-electron chi connectivity index (χ0n) is 16.0. The molecule has 2 aromatic rings. The number of ether oxygens (including phenoxy) is 1. The number of carbonyl (C=O) groups excluding carboxylic acids is 1. The van der Waals surface area contributed by atoms with Crippen LogP contribution in [0.5, 0.6) is 0 Å². The third-order valence-corrected chi connectivity index (χ3v) is 5.58. The van der Waals surface area contributed by atoms with E-state index in [-0.39, 0.29) is 36.4 Å². The highest BCUT2D eigenvalue weighted by molar-refractivity contribution is 6.01. The maximum atomic E-state index is 13.9. The summed E-state index contributed by atoms with van der Waals surface area (Å²) in [6, 6.07) is 13.5. The molecule has 2 aliphatic rings. The first kappa shape index (κ1) is 19.6. The molecule has 0 amide bonds. The van der Waals surface area contributed by atoms with E-state index >= 15 is 0 Å². The van der Waals surface area contributed by atoms with Gasteiger partial charge in [-0.3, -0.25) is 4.79 Å². The maximum absolute atomic E-state index is 13.9. The Morgan fingerprint density at radius 3 is 2.69 bits per heavy atom. The highest BCUT2D eigenvalue weighted by Gasteiger charge is 2.32. The van der Waals surface area contributed by atoms with Crippen molar-refractivity contribution >= 4 is 11.7 Å². The van der Waals surface area contributed by atoms with Crippen molar-refractivity contribution in [3.8, 4) is 0 Å². The van der Waals surface area contributed by atoms with Gasteiger partial charge in [0.1, 0.15) is 23.8 Å². The lowest BCUT2D eigenvalue weighted by molar-refractivity contribution is -0.154. The fourth-order valence-corrected chi connectivity index (χ4v) is 4.14. The van der Waals surface area contributed by atoms with Gasteiger partial charge in [0.15, 0.2) is 0 Å². The van der Waals surface area contributed by atoms with Crippen LogP contribution in [0.4, 0.5) is 8.78 Å². The van der Waals surface area contributed by atoms with E-state index < -0.39 is 17.7 Å². The number of halogens is 2. The van der Waals surface area contributed by atoms with E-state index in [4.69, 9.17) is 9.57 Å². The summed E-state index contributed by atoms with van der Waals surface area (Å²) in [6.07, 6.45) is 3.70. The normalized spacial score (nSPS) is 23.9. The lowest BCUT2D eigenvalue weighted by Gasteiger charge is -2.31. The van der Waals surface area contributed by atoms with Crippen LogP contribution in [0.2, 0.25) is 0 Å². The zero-order valence-corrected chi connectivity index (χ0v) is 16.0. The van der Waals surface area contributed by atoms with Crippen molar-refractivity contribution in [2.45, 2.75) is 56.7 Å². The van der Waals surface area contributed by atoms with Gasteiger partial charge in [0.2, 0.25) is 0 Å². The van der Waals surface area contributed by atoms with E-state index in [0.29, 0.717) is 5.71 Å². The van der Waals surface area contributed by atoms with Crippen LogP contribution in [-0.2, 0) is 14.4 Å². The molecule has 2 aromatic carbocycles. The number of hydrogen-bond donors (Lipinski definition) is 0. The molecule has 1 aliphatic heterocycles. The molecule has 2 unspecified atom stereocenters. The average molecular weight is 399 g/mol. The first-order valence-electron chi connectivity index (χ1n) is 10.0. The number of benzene rings is 2. The first-order chi connectivity index (χ1) is 14.1. The van der Waals surface area contributed by atoms with Crippen LogP contribution in [0.3, 0.4) is 0 Å². The van der Waals surface area contributed by atoms with Gasteiger partial charge in [0, 0.05) is 24.0 Å². The Morgan fingerprint density at radius 2 is 1.90 bits per heavy atom. The minimum absolute atomic E-state index is 0.0494. The largest absolute Gasteiger partial charge is 0.462 e. The van der Waals surface area contributed by atoms with Crippen molar-refractivity contribution in [1.29, 1.82) is 0 Å². The summed E-state index contributed by atoms with van der Waals surface area (Å²) in [5.74, 6) is -1.47. The molecule has 4 rings (SSSR count). The van der Waals surface area contributed by atoms with Crippen molar-refractivity contribution in [1.82, 2.24) is 0 Å². The second-order valence-corrected chi connectivity index (χ2v) is 7.63. The lowest BCUT2D eigenvalue weighted by Crippen LogP contribution is -2.30. The van der Waals surface area contributed by atoms with Crippen LogP contribution in [-0.4, -0.2) is 23.9 Å². The van der Waals surface area contributed by atoms with E-state index in [2.05, 4.69) is 17.3 Å². The van der Waals surface area contributed by atoms with Crippen molar-refractivity contribution < 1.29 is 23.1 Å². The lowest BCUT2D eigenvalue weighted by atomic mass is 9.81. The second kappa shape index (κ2) is 8.72. The minimum Gasteiger partial charge on any atom is -0.462 e. The third kappa shape index (κ3) is 4.63. The molecule has 0 radical (unpaired) electrons. The number of oxime groups is 1.